The van der Waals surface area contributed by atoms with E-state index >= 15 is 0 Å². The van der Waals surface area contributed by atoms with Crippen LogP contribution in [0.25, 0.3) is 17.0 Å². The maximum absolute atomic E-state index is 4.44. The van der Waals surface area contributed by atoms with Gasteiger partial charge in [-0.05, 0) is 12.1 Å². The first-order valence-corrected chi connectivity index (χ1v) is 4.63. The van der Waals surface area contributed by atoms with Gasteiger partial charge >= 0.3 is 0 Å². The maximum Gasteiger partial charge on any atom is 0.137 e. The van der Waals surface area contributed by atoms with Crippen molar-refractivity contribution in [1.82, 2.24) is 19.4 Å². The third-order valence-electron chi connectivity index (χ3n) is 2.19. The monoisotopic (exact) mass is 196 g/mol. The fourth-order valence-corrected chi connectivity index (χ4v) is 1.49. The average Bonchev–Trinajstić information content (AvgIpc) is 2.74. The molecule has 0 aliphatic carbocycles. The Bertz CT molecular complexity index is 553. The van der Waals surface area contributed by atoms with E-state index in [1.165, 1.54) is 0 Å². The molecule has 0 aromatic carbocycles. The Morgan fingerprint density at radius 3 is 2.87 bits per heavy atom. The Morgan fingerprint density at radius 2 is 2.07 bits per heavy atom. The van der Waals surface area contributed by atoms with Crippen LogP contribution in [0.3, 0.4) is 0 Å². The van der Waals surface area contributed by atoms with Gasteiger partial charge in [0.05, 0.1) is 6.20 Å². The Labute approximate surface area is 86.3 Å². The average molecular weight is 196 g/mol. The fraction of sp³-hybridized carbons (Fsp3) is 0. The number of hydrogen-bond acceptors (Lipinski definition) is 3. The minimum Gasteiger partial charge on any atom is -0.306 e. The third kappa shape index (κ3) is 1.36. The predicted molar refractivity (Wildman–Crippen MR) is 56.2 cm³/mol. The Balaban J connectivity index is 2.21. The molecule has 0 radical (unpaired) electrons. The molecule has 0 unspecified atom stereocenters. The summed E-state index contributed by atoms with van der Waals surface area (Å²) in [7, 11) is 0. The highest BCUT2D eigenvalue weighted by atomic mass is 15.0. The lowest BCUT2D eigenvalue weighted by atomic mass is 10.3. The van der Waals surface area contributed by atoms with Crippen molar-refractivity contribution in [2.75, 3.05) is 0 Å². The highest BCUT2D eigenvalue weighted by Gasteiger charge is 2.03. The molecular formula is C11H8N4. The standard InChI is InChI=1S/C11H8N4/c1-2-6-15-8-10(14-11(15)3-1)9-7-12-4-5-13-9/h1-8H. The molecule has 0 spiro atoms. The summed E-state index contributed by atoms with van der Waals surface area (Å²) >= 11 is 0. The number of hydrogen-bond donors (Lipinski definition) is 0. The van der Waals surface area contributed by atoms with Crippen molar-refractivity contribution in [3.05, 3.63) is 49.2 Å². The van der Waals surface area contributed by atoms with Crippen molar-refractivity contribution in [3.63, 3.8) is 0 Å². The summed E-state index contributed by atoms with van der Waals surface area (Å²) in [5.74, 6) is 0. The highest BCUT2D eigenvalue weighted by Crippen LogP contribution is 2.14. The second-order valence-electron chi connectivity index (χ2n) is 3.18. The normalized spacial score (nSPS) is 10.7. The van der Waals surface area contributed by atoms with Crippen LogP contribution in [0.4, 0.5) is 0 Å². The van der Waals surface area contributed by atoms with E-state index in [1.807, 2.05) is 35.0 Å². The van der Waals surface area contributed by atoms with Crippen LogP contribution in [-0.2, 0) is 0 Å². The smallest absolute Gasteiger partial charge is 0.137 e. The zero-order valence-electron chi connectivity index (χ0n) is 7.91. The number of imidazole rings is 1. The minimum atomic E-state index is 0.793. The van der Waals surface area contributed by atoms with Gasteiger partial charge in [0.15, 0.2) is 0 Å². The van der Waals surface area contributed by atoms with Crippen LogP contribution in [0.5, 0.6) is 0 Å². The molecule has 4 nitrogen and oxygen atoms in total. The summed E-state index contributed by atoms with van der Waals surface area (Å²) in [5.41, 5.74) is 2.55. The van der Waals surface area contributed by atoms with Crippen molar-refractivity contribution in [2.45, 2.75) is 0 Å². The third-order valence-corrected chi connectivity index (χ3v) is 2.19. The van der Waals surface area contributed by atoms with Gasteiger partial charge in [-0.25, -0.2) is 4.98 Å². The fourth-order valence-electron chi connectivity index (χ4n) is 1.49. The van der Waals surface area contributed by atoms with Gasteiger partial charge in [-0.1, -0.05) is 6.07 Å². The van der Waals surface area contributed by atoms with E-state index in [4.69, 9.17) is 0 Å². The molecule has 72 valence electrons. The maximum atomic E-state index is 4.44. The van der Waals surface area contributed by atoms with E-state index in [9.17, 15) is 0 Å². The van der Waals surface area contributed by atoms with Crippen LogP contribution in [0.2, 0.25) is 0 Å². The Kier molecular flexibility index (Phi) is 1.71. The Morgan fingerprint density at radius 1 is 1.07 bits per heavy atom. The number of aromatic nitrogens is 4. The van der Waals surface area contributed by atoms with Crippen molar-refractivity contribution in [3.8, 4) is 11.4 Å². The topological polar surface area (TPSA) is 43.1 Å². The Hall–Kier alpha value is -2.23. The molecule has 0 amide bonds. The lowest BCUT2D eigenvalue weighted by molar-refractivity contribution is 1.18. The minimum absolute atomic E-state index is 0.793. The van der Waals surface area contributed by atoms with Crippen molar-refractivity contribution in [2.24, 2.45) is 0 Å². The summed E-state index contributed by atoms with van der Waals surface area (Å²) in [6, 6.07) is 5.89. The molecule has 0 N–H and O–H groups in total. The number of nitrogens with zero attached hydrogens (tertiary/aromatic N) is 4. The summed E-state index contributed by atoms with van der Waals surface area (Å²) in [5, 5.41) is 0. The van der Waals surface area contributed by atoms with Crippen LogP contribution in [0, 0.1) is 0 Å². The van der Waals surface area contributed by atoms with E-state index in [0.29, 0.717) is 0 Å². The van der Waals surface area contributed by atoms with Gasteiger partial charge in [0.1, 0.15) is 17.0 Å². The van der Waals surface area contributed by atoms with Crippen molar-refractivity contribution < 1.29 is 0 Å². The molecule has 0 aliphatic heterocycles. The summed E-state index contributed by atoms with van der Waals surface area (Å²) < 4.78 is 1.96. The molecule has 15 heavy (non-hydrogen) atoms. The van der Waals surface area contributed by atoms with Crippen LogP contribution < -0.4 is 0 Å². The molecular weight excluding hydrogens is 188 g/mol. The van der Waals surface area contributed by atoms with E-state index in [2.05, 4.69) is 15.0 Å². The van der Waals surface area contributed by atoms with Gasteiger partial charge < -0.3 is 4.40 Å². The van der Waals surface area contributed by atoms with Crippen LogP contribution in [-0.4, -0.2) is 19.4 Å². The number of fused-ring (bicyclic) bond motifs is 1. The molecule has 0 saturated heterocycles. The van der Waals surface area contributed by atoms with E-state index < -0.39 is 0 Å². The molecule has 0 fully saturated rings. The first kappa shape index (κ1) is 8.11. The second-order valence-corrected chi connectivity index (χ2v) is 3.18. The highest BCUT2D eigenvalue weighted by molar-refractivity contribution is 5.57. The zero-order valence-corrected chi connectivity index (χ0v) is 7.91. The molecule has 0 atom stereocenters. The van der Waals surface area contributed by atoms with Crippen molar-refractivity contribution >= 4 is 5.65 Å². The summed E-state index contributed by atoms with van der Waals surface area (Å²) in [4.78, 5) is 12.7. The van der Waals surface area contributed by atoms with Crippen LogP contribution in [0.15, 0.2) is 49.2 Å². The van der Waals surface area contributed by atoms with E-state index in [1.54, 1.807) is 18.6 Å². The first-order chi connectivity index (χ1) is 7.43. The largest absolute Gasteiger partial charge is 0.306 e. The number of rotatable bonds is 1. The molecule has 0 aliphatic rings. The molecule has 3 rings (SSSR count). The van der Waals surface area contributed by atoms with Gasteiger partial charge in [-0.2, -0.15) is 0 Å². The first-order valence-electron chi connectivity index (χ1n) is 4.63. The molecule has 0 saturated carbocycles. The van der Waals surface area contributed by atoms with Crippen LogP contribution >= 0.6 is 0 Å². The SMILES string of the molecule is c1ccn2cc(-c3cnccn3)nc2c1. The lowest BCUT2D eigenvalue weighted by Gasteiger charge is -1.90. The molecule has 3 aromatic rings. The second kappa shape index (κ2) is 3.16. The lowest BCUT2D eigenvalue weighted by Crippen LogP contribution is -1.82. The zero-order chi connectivity index (χ0) is 10.1. The van der Waals surface area contributed by atoms with Gasteiger partial charge in [0, 0.05) is 24.8 Å². The quantitative estimate of drug-likeness (QED) is 0.596. The number of pyridine rings is 1. The van der Waals surface area contributed by atoms with Gasteiger partial charge in [0.25, 0.3) is 0 Å². The van der Waals surface area contributed by atoms with E-state index in [0.717, 1.165) is 17.0 Å². The van der Waals surface area contributed by atoms with Gasteiger partial charge in [0.2, 0.25) is 0 Å². The predicted octanol–water partition coefficient (Wildman–Crippen LogP) is 1.79. The molecule has 3 heterocycles. The van der Waals surface area contributed by atoms with Gasteiger partial charge in [-0.3, -0.25) is 9.97 Å². The van der Waals surface area contributed by atoms with Gasteiger partial charge in [-0.15, -0.1) is 0 Å². The summed E-state index contributed by atoms with van der Waals surface area (Å²) in [6.07, 6.45) is 8.93. The van der Waals surface area contributed by atoms with Crippen molar-refractivity contribution in [1.29, 1.82) is 0 Å². The molecule has 0 bridgehead atoms. The van der Waals surface area contributed by atoms with Crippen LogP contribution in [0.1, 0.15) is 0 Å². The molecule has 4 heteroatoms. The molecule has 3 aromatic heterocycles. The summed E-state index contributed by atoms with van der Waals surface area (Å²) in [6.45, 7) is 0. The van der Waals surface area contributed by atoms with E-state index in [-0.39, 0.29) is 0 Å².